The average molecular weight is 280 g/mol. The van der Waals surface area contributed by atoms with Gasteiger partial charge in [0.05, 0.1) is 6.61 Å². The Balaban J connectivity index is 2.59. The van der Waals surface area contributed by atoms with Gasteiger partial charge in [0.15, 0.2) is 5.71 Å². The molecule has 5 N–H and O–H groups in total. The molecule has 1 rings (SSSR count). The minimum absolute atomic E-state index is 0.130. The fourth-order valence-electron chi connectivity index (χ4n) is 1.37. The van der Waals surface area contributed by atoms with Gasteiger partial charge in [-0.25, -0.2) is 0 Å². The number of nitrogens with two attached hydrogens (primary N) is 1. The van der Waals surface area contributed by atoms with E-state index in [2.05, 4.69) is 5.16 Å². The fraction of sp³-hybridized carbons (Fsp3) is 0.250. The molecule has 1 unspecified atom stereocenters. The third kappa shape index (κ3) is 4.25. The summed E-state index contributed by atoms with van der Waals surface area (Å²) >= 11 is 0. The van der Waals surface area contributed by atoms with Crippen LogP contribution in [0.4, 0.5) is 0 Å². The van der Waals surface area contributed by atoms with Gasteiger partial charge >= 0.3 is 5.97 Å². The second-order valence-electron chi connectivity index (χ2n) is 3.88. The number of carbonyl (C=O) groups is 2. The van der Waals surface area contributed by atoms with Gasteiger partial charge in [0.25, 0.3) is 5.91 Å². The number of rotatable bonds is 7. The molecule has 0 bridgehead atoms. The van der Waals surface area contributed by atoms with Crippen LogP contribution in [0.15, 0.2) is 29.4 Å². The lowest BCUT2D eigenvalue weighted by molar-refractivity contribution is -0.138. The first-order chi connectivity index (χ1) is 9.45. The highest BCUT2D eigenvalue weighted by Gasteiger charge is 2.13. The number of carbonyl (C=O) groups excluding carboxylic acids is 1. The Morgan fingerprint density at radius 3 is 2.40 bits per heavy atom. The number of amides is 1. The lowest BCUT2D eigenvalue weighted by Crippen LogP contribution is -2.31. The number of carboxylic acid groups (broad SMARTS) is 1. The van der Waals surface area contributed by atoms with Gasteiger partial charge in [-0.15, -0.1) is 0 Å². The maximum atomic E-state index is 10.8. The minimum atomic E-state index is -1.10. The van der Waals surface area contributed by atoms with E-state index < -0.39 is 17.9 Å². The summed E-state index contributed by atoms with van der Waals surface area (Å²) in [4.78, 5) is 21.3. The molecule has 0 heterocycles. The summed E-state index contributed by atoms with van der Waals surface area (Å²) in [5, 5.41) is 20.0. The van der Waals surface area contributed by atoms with E-state index in [1.165, 1.54) is 24.3 Å². The summed E-state index contributed by atoms with van der Waals surface area (Å²) in [6.07, 6.45) is 0.158. The van der Waals surface area contributed by atoms with Crippen molar-refractivity contribution in [2.24, 2.45) is 10.9 Å². The van der Waals surface area contributed by atoms with Gasteiger partial charge < -0.3 is 20.8 Å². The van der Waals surface area contributed by atoms with Crippen LogP contribution in [-0.4, -0.2) is 40.6 Å². The van der Waals surface area contributed by atoms with Gasteiger partial charge in [-0.05, 0) is 24.3 Å². The summed E-state index contributed by atoms with van der Waals surface area (Å²) in [7, 11) is 0. The molecule has 0 saturated carbocycles. The number of nitrogens with one attached hydrogen (secondary N) is 1. The van der Waals surface area contributed by atoms with Crippen molar-refractivity contribution in [1.29, 1.82) is 0 Å². The zero-order chi connectivity index (χ0) is 15.1. The molecule has 1 amide bonds. The number of oxime groups is 1. The number of hydrogen-bond donors (Lipinski definition) is 3. The van der Waals surface area contributed by atoms with E-state index in [1.54, 1.807) is 0 Å². The number of carboxylic acids is 1. The normalized spacial score (nSPS) is 12.8. The number of ether oxygens (including phenoxy) is 1. The van der Waals surface area contributed by atoms with E-state index in [0.717, 1.165) is 0 Å². The summed E-state index contributed by atoms with van der Waals surface area (Å²) in [5.74, 6) is -1.75. The van der Waals surface area contributed by atoms with Crippen LogP contribution in [-0.2, 0) is 9.59 Å². The molecular formula is C12H14N3O5. The van der Waals surface area contributed by atoms with E-state index in [0.29, 0.717) is 5.75 Å². The zero-order valence-corrected chi connectivity index (χ0v) is 10.4. The number of aliphatic carboxylic acids is 1. The van der Waals surface area contributed by atoms with Crippen LogP contribution in [0.1, 0.15) is 12.0 Å². The Hall–Kier alpha value is -2.61. The molecule has 0 aromatic heterocycles. The molecular weight excluding hydrogens is 266 g/mol. The number of hydrogen-bond acceptors (Lipinski definition) is 6. The first kappa shape index (κ1) is 15.4. The van der Waals surface area contributed by atoms with Crippen molar-refractivity contribution in [3.63, 3.8) is 0 Å². The monoisotopic (exact) mass is 280 g/mol. The lowest BCUT2D eigenvalue weighted by Gasteiger charge is -2.09. The van der Waals surface area contributed by atoms with Crippen LogP contribution in [0.25, 0.3) is 0 Å². The Morgan fingerprint density at radius 1 is 1.35 bits per heavy atom. The quantitative estimate of drug-likeness (QED) is 0.360. The Kier molecular flexibility index (Phi) is 5.48. The molecule has 0 aliphatic carbocycles. The van der Waals surface area contributed by atoms with Crippen molar-refractivity contribution in [3.05, 3.63) is 29.8 Å². The van der Waals surface area contributed by atoms with E-state index in [4.69, 9.17) is 26.5 Å². The Labute approximate surface area is 114 Å². The van der Waals surface area contributed by atoms with Crippen molar-refractivity contribution in [1.82, 2.24) is 5.73 Å². The maximum Gasteiger partial charge on any atom is 0.320 e. The standard InChI is InChI=1S/C12H14N3O5/c13-9(12(17)18)5-6-20-8-3-1-7(2-4-8)10(15-19)11(14)16/h1-4,9,14,19H,5-6,13H2,(H,17,18)/b15-10+. The topological polar surface area (TPSA) is 146 Å². The SMILES string of the molecule is [NH]C(=O)/C(=N/O)c1ccc(OCCC(N)C(=O)O)cc1. The molecule has 0 fully saturated rings. The average Bonchev–Trinajstić information content (AvgIpc) is 2.40. The second-order valence-corrected chi connectivity index (χ2v) is 3.88. The van der Waals surface area contributed by atoms with Crippen LogP contribution in [0.2, 0.25) is 0 Å². The molecule has 1 aromatic carbocycles. The first-order valence-electron chi connectivity index (χ1n) is 5.65. The second kappa shape index (κ2) is 7.10. The zero-order valence-electron chi connectivity index (χ0n) is 10.4. The molecule has 107 valence electrons. The molecule has 1 aromatic rings. The number of nitrogens with zero attached hydrogens (tertiary/aromatic N) is 1. The van der Waals surface area contributed by atoms with E-state index >= 15 is 0 Å². The van der Waals surface area contributed by atoms with Crippen LogP contribution < -0.4 is 16.2 Å². The van der Waals surface area contributed by atoms with Gasteiger partial charge in [0, 0.05) is 12.0 Å². The molecule has 8 heteroatoms. The molecule has 1 atom stereocenters. The van der Waals surface area contributed by atoms with Crippen molar-refractivity contribution in [2.45, 2.75) is 12.5 Å². The maximum absolute atomic E-state index is 10.8. The smallest absolute Gasteiger partial charge is 0.320 e. The molecule has 0 spiro atoms. The van der Waals surface area contributed by atoms with Gasteiger partial charge in [0.2, 0.25) is 0 Å². The van der Waals surface area contributed by atoms with Crippen LogP contribution >= 0.6 is 0 Å². The highest BCUT2D eigenvalue weighted by atomic mass is 16.5. The van der Waals surface area contributed by atoms with Gasteiger partial charge in [-0.2, -0.15) is 0 Å². The van der Waals surface area contributed by atoms with Gasteiger partial charge in [0.1, 0.15) is 11.8 Å². The van der Waals surface area contributed by atoms with E-state index in [-0.39, 0.29) is 24.3 Å². The van der Waals surface area contributed by atoms with Crippen LogP contribution in [0, 0.1) is 0 Å². The van der Waals surface area contributed by atoms with Crippen molar-refractivity contribution >= 4 is 17.6 Å². The summed E-state index contributed by atoms with van der Waals surface area (Å²) in [5.41, 5.74) is 12.1. The predicted octanol–water partition coefficient (Wildman–Crippen LogP) is -0.145. The highest BCUT2D eigenvalue weighted by Crippen LogP contribution is 2.13. The highest BCUT2D eigenvalue weighted by molar-refractivity contribution is 6.44. The molecule has 1 radical (unpaired) electrons. The molecule has 0 saturated heterocycles. The van der Waals surface area contributed by atoms with Gasteiger partial charge in [-0.3, -0.25) is 15.3 Å². The van der Waals surface area contributed by atoms with Crippen LogP contribution in [0.5, 0.6) is 5.75 Å². The third-order valence-corrected chi connectivity index (χ3v) is 2.46. The third-order valence-electron chi connectivity index (χ3n) is 2.46. The minimum Gasteiger partial charge on any atom is -0.494 e. The van der Waals surface area contributed by atoms with E-state index in [1.807, 2.05) is 0 Å². The largest absolute Gasteiger partial charge is 0.494 e. The summed E-state index contributed by atoms with van der Waals surface area (Å²) in [6.45, 7) is 0.130. The number of benzene rings is 1. The predicted molar refractivity (Wildman–Crippen MR) is 68.6 cm³/mol. The summed E-state index contributed by atoms with van der Waals surface area (Å²) in [6, 6.07) is 4.94. The molecule has 0 aliphatic rings. The van der Waals surface area contributed by atoms with E-state index in [9.17, 15) is 9.59 Å². The molecule has 20 heavy (non-hydrogen) atoms. The Morgan fingerprint density at radius 2 is 1.95 bits per heavy atom. The Bertz CT molecular complexity index is 512. The summed E-state index contributed by atoms with van der Waals surface area (Å²) < 4.78 is 5.28. The van der Waals surface area contributed by atoms with Crippen molar-refractivity contribution in [2.75, 3.05) is 6.61 Å². The van der Waals surface area contributed by atoms with Crippen molar-refractivity contribution < 1.29 is 24.6 Å². The molecule has 8 nitrogen and oxygen atoms in total. The fourth-order valence-corrected chi connectivity index (χ4v) is 1.37. The van der Waals surface area contributed by atoms with Gasteiger partial charge in [-0.1, -0.05) is 5.16 Å². The first-order valence-corrected chi connectivity index (χ1v) is 5.65. The van der Waals surface area contributed by atoms with Crippen LogP contribution in [0.3, 0.4) is 0 Å². The lowest BCUT2D eigenvalue weighted by atomic mass is 10.1. The molecule has 0 aliphatic heterocycles. The van der Waals surface area contributed by atoms with Crippen molar-refractivity contribution in [3.8, 4) is 5.75 Å².